The van der Waals surface area contributed by atoms with E-state index < -0.39 is 0 Å². The Morgan fingerprint density at radius 2 is 2.25 bits per heavy atom. The molecular formula is C15H20FN3O. The molecular weight excluding hydrogens is 257 g/mol. The van der Waals surface area contributed by atoms with E-state index in [1.54, 1.807) is 12.1 Å². The SMILES string of the molecule is C#CCNC(=NCc1ccc(F)c(COC)c1)NCC. The van der Waals surface area contributed by atoms with Gasteiger partial charge in [-0.3, -0.25) is 0 Å². The highest BCUT2D eigenvalue weighted by Crippen LogP contribution is 2.12. The highest BCUT2D eigenvalue weighted by Gasteiger charge is 2.03. The van der Waals surface area contributed by atoms with E-state index in [1.807, 2.05) is 6.92 Å². The largest absolute Gasteiger partial charge is 0.380 e. The van der Waals surface area contributed by atoms with E-state index in [4.69, 9.17) is 11.2 Å². The molecule has 0 aromatic heterocycles. The number of methoxy groups -OCH3 is 1. The molecule has 108 valence electrons. The molecule has 0 amide bonds. The fourth-order valence-electron chi connectivity index (χ4n) is 1.64. The molecule has 0 spiro atoms. The summed E-state index contributed by atoms with van der Waals surface area (Å²) in [5, 5.41) is 6.08. The van der Waals surface area contributed by atoms with Crippen molar-refractivity contribution in [3.8, 4) is 12.3 Å². The third kappa shape index (κ3) is 5.29. The first kappa shape index (κ1) is 16.0. The van der Waals surface area contributed by atoms with Gasteiger partial charge in [0.1, 0.15) is 5.82 Å². The number of benzene rings is 1. The first-order valence-electron chi connectivity index (χ1n) is 6.43. The van der Waals surface area contributed by atoms with E-state index in [1.165, 1.54) is 13.2 Å². The number of ether oxygens (including phenoxy) is 1. The van der Waals surface area contributed by atoms with Crippen molar-refractivity contribution in [2.24, 2.45) is 4.99 Å². The lowest BCUT2D eigenvalue weighted by molar-refractivity contribution is 0.181. The minimum absolute atomic E-state index is 0.249. The van der Waals surface area contributed by atoms with Crippen LogP contribution in [0.25, 0.3) is 0 Å². The third-order valence-electron chi connectivity index (χ3n) is 2.53. The molecule has 1 rings (SSSR count). The second-order valence-electron chi connectivity index (χ2n) is 4.11. The zero-order chi connectivity index (χ0) is 14.8. The Morgan fingerprint density at radius 3 is 2.90 bits per heavy atom. The fraction of sp³-hybridized carbons (Fsp3) is 0.400. The molecule has 0 atom stereocenters. The maximum atomic E-state index is 13.5. The van der Waals surface area contributed by atoms with Crippen LogP contribution < -0.4 is 10.6 Å². The first-order chi connectivity index (χ1) is 9.71. The van der Waals surface area contributed by atoms with Crippen LogP contribution >= 0.6 is 0 Å². The lowest BCUT2D eigenvalue weighted by Crippen LogP contribution is -2.37. The quantitative estimate of drug-likeness (QED) is 0.472. The Bertz CT molecular complexity index is 494. The second-order valence-corrected chi connectivity index (χ2v) is 4.11. The molecule has 0 radical (unpaired) electrons. The Labute approximate surface area is 119 Å². The summed E-state index contributed by atoms with van der Waals surface area (Å²) in [5.41, 5.74) is 1.44. The Kier molecular flexibility index (Phi) is 7.15. The predicted molar refractivity (Wildman–Crippen MR) is 78.8 cm³/mol. The number of nitrogens with one attached hydrogen (secondary N) is 2. The smallest absolute Gasteiger partial charge is 0.192 e. The fourth-order valence-corrected chi connectivity index (χ4v) is 1.64. The van der Waals surface area contributed by atoms with E-state index in [0.29, 0.717) is 24.6 Å². The maximum Gasteiger partial charge on any atom is 0.192 e. The highest BCUT2D eigenvalue weighted by atomic mass is 19.1. The van der Waals surface area contributed by atoms with E-state index in [9.17, 15) is 4.39 Å². The number of nitrogens with zero attached hydrogens (tertiary/aromatic N) is 1. The summed E-state index contributed by atoms with van der Waals surface area (Å²) in [6.07, 6.45) is 5.20. The summed E-state index contributed by atoms with van der Waals surface area (Å²) in [6, 6.07) is 4.90. The van der Waals surface area contributed by atoms with E-state index in [0.717, 1.165) is 12.1 Å². The molecule has 4 nitrogen and oxygen atoms in total. The lowest BCUT2D eigenvalue weighted by Gasteiger charge is -2.09. The van der Waals surface area contributed by atoms with Crippen LogP contribution in [0.1, 0.15) is 18.1 Å². The summed E-state index contributed by atoms with van der Waals surface area (Å²) < 4.78 is 18.4. The second kappa shape index (κ2) is 8.94. The number of guanidine groups is 1. The van der Waals surface area contributed by atoms with Gasteiger partial charge in [0.05, 0.1) is 19.7 Å². The zero-order valence-corrected chi connectivity index (χ0v) is 11.9. The molecule has 0 aliphatic heterocycles. The summed E-state index contributed by atoms with van der Waals surface area (Å²) in [4.78, 5) is 4.39. The number of terminal acetylenes is 1. The first-order valence-corrected chi connectivity index (χ1v) is 6.43. The van der Waals surface area contributed by atoms with Gasteiger partial charge in [0.15, 0.2) is 5.96 Å². The zero-order valence-electron chi connectivity index (χ0n) is 11.9. The van der Waals surface area contributed by atoms with Crippen LogP contribution in [0.15, 0.2) is 23.2 Å². The molecule has 0 fully saturated rings. The van der Waals surface area contributed by atoms with Gasteiger partial charge in [0.2, 0.25) is 0 Å². The van der Waals surface area contributed by atoms with Crippen LogP contribution in [0.5, 0.6) is 0 Å². The summed E-state index contributed by atoms with van der Waals surface area (Å²) in [7, 11) is 1.54. The molecule has 0 unspecified atom stereocenters. The number of rotatable bonds is 6. The molecule has 1 aromatic carbocycles. The number of hydrogen-bond acceptors (Lipinski definition) is 2. The highest BCUT2D eigenvalue weighted by molar-refractivity contribution is 5.79. The van der Waals surface area contributed by atoms with Gasteiger partial charge in [-0.05, 0) is 24.6 Å². The predicted octanol–water partition coefficient (Wildman–Crippen LogP) is 1.66. The average molecular weight is 277 g/mol. The monoisotopic (exact) mass is 277 g/mol. The van der Waals surface area contributed by atoms with Gasteiger partial charge in [-0.1, -0.05) is 12.0 Å². The van der Waals surface area contributed by atoms with Gasteiger partial charge in [0.25, 0.3) is 0 Å². The van der Waals surface area contributed by atoms with Crippen molar-refractivity contribution in [2.45, 2.75) is 20.1 Å². The van der Waals surface area contributed by atoms with Gasteiger partial charge < -0.3 is 15.4 Å². The number of halogens is 1. The summed E-state index contributed by atoms with van der Waals surface area (Å²) in [6.45, 7) is 3.82. The minimum atomic E-state index is -0.267. The van der Waals surface area contributed by atoms with Crippen molar-refractivity contribution >= 4 is 5.96 Å². The van der Waals surface area contributed by atoms with Gasteiger partial charge in [-0.15, -0.1) is 6.42 Å². The van der Waals surface area contributed by atoms with Crippen molar-refractivity contribution in [3.05, 3.63) is 35.1 Å². The topological polar surface area (TPSA) is 45.7 Å². The minimum Gasteiger partial charge on any atom is -0.380 e. The van der Waals surface area contributed by atoms with E-state index in [-0.39, 0.29) is 12.4 Å². The van der Waals surface area contributed by atoms with Gasteiger partial charge in [-0.25, -0.2) is 9.38 Å². The Balaban J connectivity index is 2.75. The van der Waals surface area contributed by atoms with Gasteiger partial charge >= 0.3 is 0 Å². The standard InChI is InChI=1S/C15H20FN3O/c1-4-8-18-15(17-5-2)19-10-12-6-7-14(16)13(9-12)11-20-3/h1,6-7,9H,5,8,10-11H2,2-3H3,(H2,17,18,19). The van der Waals surface area contributed by atoms with Crippen molar-refractivity contribution in [2.75, 3.05) is 20.2 Å². The molecule has 20 heavy (non-hydrogen) atoms. The van der Waals surface area contributed by atoms with Crippen molar-refractivity contribution in [1.82, 2.24) is 10.6 Å². The molecule has 0 aliphatic rings. The van der Waals surface area contributed by atoms with Crippen LogP contribution in [0.2, 0.25) is 0 Å². The van der Waals surface area contributed by atoms with Crippen LogP contribution in [0.4, 0.5) is 4.39 Å². The maximum absolute atomic E-state index is 13.5. The molecule has 1 aromatic rings. The van der Waals surface area contributed by atoms with Gasteiger partial charge in [0, 0.05) is 19.2 Å². The molecule has 0 heterocycles. The molecule has 2 N–H and O–H groups in total. The van der Waals surface area contributed by atoms with Gasteiger partial charge in [-0.2, -0.15) is 0 Å². The van der Waals surface area contributed by atoms with E-state index >= 15 is 0 Å². The number of hydrogen-bond donors (Lipinski definition) is 2. The molecule has 0 aliphatic carbocycles. The van der Waals surface area contributed by atoms with Crippen LogP contribution in [0, 0.1) is 18.2 Å². The van der Waals surface area contributed by atoms with Crippen molar-refractivity contribution in [3.63, 3.8) is 0 Å². The van der Waals surface area contributed by atoms with E-state index in [2.05, 4.69) is 21.5 Å². The normalized spacial score (nSPS) is 11.0. The third-order valence-corrected chi connectivity index (χ3v) is 2.53. The molecule has 0 saturated heterocycles. The molecule has 0 saturated carbocycles. The van der Waals surface area contributed by atoms with Crippen molar-refractivity contribution < 1.29 is 9.13 Å². The molecule has 5 heteroatoms. The van der Waals surface area contributed by atoms with Crippen molar-refractivity contribution in [1.29, 1.82) is 0 Å². The average Bonchev–Trinajstić information content (AvgIpc) is 2.45. The van der Waals surface area contributed by atoms with Crippen LogP contribution in [0.3, 0.4) is 0 Å². The Hall–Kier alpha value is -2.06. The molecule has 0 bridgehead atoms. The van der Waals surface area contributed by atoms with Crippen LogP contribution in [-0.4, -0.2) is 26.2 Å². The summed E-state index contributed by atoms with van der Waals surface area (Å²) in [5.74, 6) is 2.87. The Morgan fingerprint density at radius 1 is 1.45 bits per heavy atom. The van der Waals surface area contributed by atoms with Crippen LogP contribution in [-0.2, 0) is 17.9 Å². The summed E-state index contributed by atoms with van der Waals surface area (Å²) >= 11 is 0. The lowest BCUT2D eigenvalue weighted by atomic mass is 10.1. The number of aliphatic imine (C=N–C) groups is 1.